The summed E-state index contributed by atoms with van der Waals surface area (Å²) in [5, 5.41) is 0. The Bertz CT molecular complexity index is 225. The zero-order valence-corrected chi connectivity index (χ0v) is 11.2. The fraction of sp³-hybridized carbons (Fsp3) is 0.929. The van der Waals surface area contributed by atoms with E-state index < -0.39 is 0 Å². The maximum atomic E-state index is 10.7. The first-order valence-electron chi connectivity index (χ1n) is 6.59. The van der Waals surface area contributed by atoms with Crippen molar-refractivity contribution >= 4 is 5.97 Å². The van der Waals surface area contributed by atoms with Gasteiger partial charge in [0.25, 0.3) is 0 Å². The summed E-state index contributed by atoms with van der Waals surface area (Å²) in [6.45, 7) is 9.17. The Morgan fingerprint density at radius 2 is 1.81 bits per heavy atom. The summed E-state index contributed by atoms with van der Waals surface area (Å²) in [6.07, 6.45) is 6.30. The van der Waals surface area contributed by atoms with Crippen molar-refractivity contribution in [1.29, 1.82) is 0 Å². The molecule has 1 fully saturated rings. The lowest BCUT2D eigenvalue weighted by Crippen LogP contribution is -2.29. The van der Waals surface area contributed by atoms with E-state index in [4.69, 9.17) is 4.74 Å². The van der Waals surface area contributed by atoms with E-state index in [9.17, 15) is 4.79 Å². The van der Waals surface area contributed by atoms with Crippen LogP contribution in [-0.2, 0) is 9.53 Å². The maximum absolute atomic E-state index is 10.7. The van der Waals surface area contributed by atoms with Crippen LogP contribution in [0.5, 0.6) is 0 Å². The molecule has 16 heavy (non-hydrogen) atoms. The molecule has 0 aliphatic heterocycles. The smallest absolute Gasteiger partial charge is 0.302 e. The van der Waals surface area contributed by atoms with Gasteiger partial charge in [-0.15, -0.1) is 0 Å². The van der Waals surface area contributed by atoms with Crippen molar-refractivity contribution in [3.05, 3.63) is 0 Å². The topological polar surface area (TPSA) is 26.3 Å². The Kier molecular flexibility index (Phi) is 4.82. The van der Waals surface area contributed by atoms with E-state index in [2.05, 4.69) is 20.8 Å². The molecule has 1 aliphatic rings. The summed E-state index contributed by atoms with van der Waals surface area (Å²) in [4.78, 5) is 10.7. The molecular weight excluding hydrogens is 200 g/mol. The van der Waals surface area contributed by atoms with Crippen LogP contribution in [-0.4, -0.2) is 12.6 Å². The Labute approximate surface area is 99.8 Å². The predicted octanol–water partition coefficient (Wildman–Crippen LogP) is 3.79. The first-order chi connectivity index (χ1) is 7.45. The van der Waals surface area contributed by atoms with E-state index >= 15 is 0 Å². The third-order valence-electron chi connectivity index (χ3n) is 4.39. The average Bonchev–Trinajstić information content (AvgIpc) is 2.27. The number of esters is 1. The molecule has 2 heteroatoms. The van der Waals surface area contributed by atoms with Gasteiger partial charge >= 0.3 is 5.97 Å². The minimum atomic E-state index is -0.143. The van der Waals surface area contributed by atoms with Gasteiger partial charge in [0, 0.05) is 6.92 Å². The van der Waals surface area contributed by atoms with Crippen LogP contribution >= 0.6 is 0 Å². The molecule has 0 amide bonds. The van der Waals surface area contributed by atoms with Crippen molar-refractivity contribution in [3.8, 4) is 0 Å². The SMILES string of the molecule is CCC(C)(C)C1CCC(COC(C)=O)CC1. The molecule has 0 aromatic heterocycles. The number of ether oxygens (including phenoxy) is 1. The summed E-state index contributed by atoms with van der Waals surface area (Å²) in [7, 11) is 0. The molecular formula is C14H26O2. The van der Waals surface area contributed by atoms with E-state index in [0.29, 0.717) is 17.9 Å². The first kappa shape index (κ1) is 13.5. The number of hydrogen-bond donors (Lipinski definition) is 0. The van der Waals surface area contributed by atoms with E-state index in [0.717, 1.165) is 5.92 Å². The Balaban J connectivity index is 2.31. The summed E-state index contributed by atoms with van der Waals surface area (Å²) in [5.74, 6) is 1.31. The first-order valence-corrected chi connectivity index (χ1v) is 6.59. The standard InChI is InChI=1S/C14H26O2/c1-5-14(3,4)13-8-6-12(7-9-13)10-16-11(2)15/h12-13H,5-10H2,1-4H3. The van der Waals surface area contributed by atoms with Crippen LogP contribution in [0.15, 0.2) is 0 Å². The number of carbonyl (C=O) groups is 1. The zero-order chi connectivity index (χ0) is 12.2. The molecule has 1 saturated carbocycles. The highest BCUT2D eigenvalue weighted by molar-refractivity contribution is 5.65. The second kappa shape index (κ2) is 5.70. The van der Waals surface area contributed by atoms with E-state index in [1.807, 2.05) is 0 Å². The zero-order valence-electron chi connectivity index (χ0n) is 11.2. The molecule has 0 unspecified atom stereocenters. The van der Waals surface area contributed by atoms with Crippen LogP contribution in [0.25, 0.3) is 0 Å². The van der Waals surface area contributed by atoms with Crippen LogP contribution in [0, 0.1) is 17.3 Å². The molecule has 0 heterocycles. The predicted molar refractivity (Wildman–Crippen MR) is 66.2 cm³/mol. The van der Waals surface area contributed by atoms with E-state index in [-0.39, 0.29) is 5.97 Å². The van der Waals surface area contributed by atoms with Crippen LogP contribution in [0.3, 0.4) is 0 Å². The highest BCUT2D eigenvalue weighted by atomic mass is 16.5. The Hall–Kier alpha value is -0.530. The Morgan fingerprint density at radius 1 is 1.25 bits per heavy atom. The fourth-order valence-electron chi connectivity index (χ4n) is 2.63. The van der Waals surface area contributed by atoms with Crippen molar-refractivity contribution in [2.45, 2.75) is 59.8 Å². The van der Waals surface area contributed by atoms with Gasteiger partial charge in [0.15, 0.2) is 0 Å². The summed E-state index contributed by atoms with van der Waals surface area (Å²) >= 11 is 0. The summed E-state index contributed by atoms with van der Waals surface area (Å²) in [5.41, 5.74) is 0.479. The van der Waals surface area contributed by atoms with Gasteiger partial charge < -0.3 is 4.74 Å². The quantitative estimate of drug-likeness (QED) is 0.682. The van der Waals surface area contributed by atoms with Crippen LogP contribution in [0.4, 0.5) is 0 Å². The second-order valence-corrected chi connectivity index (χ2v) is 5.86. The van der Waals surface area contributed by atoms with Crippen LogP contribution in [0.1, 0.15) is 59.8 Å². The molecule has 0 aromatic rings. The molecule has 0 bridgehead atoms. The van der Waals surface area contributed by atoms with E-state index in [1.54, 1.807) is 0 Å². The maximum Gasteiger partial charge on any atom is 0.302 e. The molecule has 0 spiro atoms. The minimum absolute atomic E-state index is 0.143. The molecule has 0 atom stereocenters. The van der Waals surface area contributed by atoms with Crippen molar-refractivity contribution in [2.24, 2.45) is 17.3 Å². The molecule has 0 radical (unpaired) electrons. The lowest BCUT2D eigenvalue weighted by Gasteiger charge is -2.38. The molecule has 1 rings (SSSR count). The third-order valence-corrected chi connectivity index (χ3v) is 4.39. The fourth-order valence-corrected chi connectivity index (χ4v) is 2.63. The molecule has 0 N–H and O–H groups in total. The van der Waals surface area contributed by atoms with Gasteiger partial charge in [0.1, 0.15) is 0 Å². The van der Waals surface area contributed by atoms with Crippen molar-refractivity contribution < 1.29 is 9.53 Å². The molecule has 94 valence electrons. The van der Waals surface area contributed by atoms with Gasteiger partial charge in [0.2, 0.25) is 0 Å². The van der Waals surface area contributed by atoms with Gasteiger partial charge in [0.05, 0.1) is 6.61 Å². The molecule has 1 aliphatic carbocycles. The molecule has 2 nitrogen and oxygen atoms in total. The lowest BCUT2D eigenvalue weighted by molar-refractivity contribution is -0.142. The average molecular weight is 226 g/mol. The third kappa shape index (κ3) is 3.80. The normalized spacial score (nSPS) is 26.5. The van der Waals surface area contributed by atoms with Gasteiger partial charge in [-0.1, -0.05) is 27.2 Å². The van der Waals surface area contributed by atoms with E-state index in [1.165, 1.54) is 39.0 Å². The van der Waals surface area contributed by atoms with Crippen molar-refractivity contribution in [2.75, 3.05) is 6.61 Å². The number of hydrogen-bond acceptors (Lipinski definition) is 2. The minimum Gasteiger partial charge on any atom is -0.466 e. The lowest BCUT2D eigenvalue weighted by atomic mass is 9.68. The monoisotopic (exact) mass is 226 g/mol. The summed E-state index contributed by atoms with van der Waals surface area (Å²) < 4.78 is 5.09. The number of carbonyl (C=O) groups excluding carboxylic acids is 1. The highest BCUT2D eigenvalue weighted by Gasteiger charge is 2.31. The van der Waals surface area contributed by atoms with Gasteiger partial charge in [-0.25, -0.2) is 0 Å². The number of rotatable bonds is 4. The second-order valence-electron chi connectivity index (χ2n) is 5.86. The largest absolute Gasteiger partial charge is 0.466 e. The Morgan fingerprint density at radius 3 is 2.25 bits per heavy atom. The molecule has 0 aromatic carbocycles. The highest BCUT2D eigenvalue weighted by Crippen LogP contribution is 2.41. The van der Waals surface area contributed by atoms with Crippen LogP contribution < -0.4 is 0 Å². The van der Waals surface area contributed by atoms with Gasteiger partial charge in [-0.2, -0.15) is 0 Å². The van der Waals surface area contributed by atoms with Gasteiger partial charge in [-0.3, -0.25) is 4.79 Å². The molecule has 0 saturated heterocycles. The summed E-state index contributed by atoms with van der Waals surface area (Å²) in [6, 6.07) is 0. The van der Waals surface area contributed by atoms with Crippen LogP contribution in [0.2, 0.25) is 0 Å². The van der Waals surface area contributed by atoms with Crippen molar-refractivity contribution in [3.63, 3.8) is 0 Å². The van der Waals surface area contributed by atoms with Gasteiger partial charge in [-0.05, 0) is 42.9 Å². The van der Waals surface area contributed by atoms with Crippen molar-refractivity contribution in [1.82, 2.24) is 0 Å².